The lowest BCUT2D eigenvalue weighted by Gasteiger charge is -2.38. The third-order valence-corrected chi connectivity index (χ3v) is 5.46. The highest BCUT2D eigenvalue weighted by Crippen LogP contribution is 2.25. The molecule has 0 spiro atoms. The van der Waals surface area contributed by atoms with E-state index in [4.69, 9.17) is 0 Å². The van der Waals surface area contributed by atoms with Gasteiger partial charge in [0.25, 0.3) is 0 Å². The van der Waals surface area contributed by atoms with Gasteiger partial charge < -0.3 is 20.4 Å². The summed E-state index contributed by atoms with van der Waals surface area (Å²) in [4.78, 5) is 40.7. The summed E-state index contributed by atoms with van der Waals surface area (Å²) in [6, 6.07) is -1.69. The molecular formula is C21H37N3O5. The van der Waals surface area contributed by atoms with Gasteiger partial charge in [0.15, 0.2) is 0 Å². The normalized spacial score (nSPS) is 23.0. The van der Waals surface area contributed by atoms with Crippen molar-refractivity contribution < 1.29 is 24.6 Å². The van der Waals surface area contributed by atoms with Gasteiger partial charge in [0.1, 0.15) is 6.04 Å². The van der Waals surface area contributed by atoms with Crippen LogP contribution in [-0.4, -0.2) is 82.7 Å². The van der Waals surface area contributed by atoms with Crippen LogP contribution in [0.2, 0.25) is 0 Å². The number of aliphatic carboxylic acids is 1. The molecule has 8 heteroatoms. The number of carbonyl (C=O) groups is 3. The van der Waals surface area contributed by atoms with Gasteiger partial charge in [-0.2, -0.15) is 0 Å². The molecule has 4 atom stereocenters. The van der Waals surface area contributed by atoms with Crippen LogP contribution < -0.4 is 5.32 Å². The van der Waals surface area contributed by atoms with Gasteiger partial charge in [-0.05, 0) is 31.7 Å². The Morgan fingerprint density at radius 1 is 1.24 bits per heavy atom. The first-order chi connectivity index (χ1) is 13.2. The van der Waals surface area contributed by atoms with Crippen molar-refractivity contribution in [3.05, 3.63) is 11.6 Å². The largest absolute Gasteiger partial charge is 0.478 e. The molecule has 0 aliphatic carbocycles. The van der Waals surface area contributed by atoms with Crippen molar-refractivity contribution in [3.63, 3.8) is 0 Å². The number of nitrogens with one attached hydrogen (secondary N) is 1. The topological polar surface area (TPSA) is 110 Å². The molecule has 0 aromatic heterocycles. The molecule has 0 radical (unpaired) electrons. The third kappa shape index (κ3) is 6.54. The first-order valence-corrected chi connectivity index (χ1v) is 10.0. The lowest BCUT2D eigenvalue weighted by atomic mass is 9.85. The second-order valence-corrected chi connectivity index (χ2v) is 9.49. The minimum Gasteiger partial charge on any atom is -0.478 e. The van der Waals surface area contributed by atoms with Crippen molar-refractivity contribution in [3.8, 4) is 0 Å². The molecule has 1 saturated heterocycles. The summed E-state index contributed by atoms with van der Waals surface area (Å²) in [6.45, 7) is 11.4. The van der Waals surface area contributed by atoms with E-state index in [0.29, 0.717) is 13.0 Å². The van der Waals surface area contributed by atoms with Gasteiger partial charge >= 0.3 is 5.97 Å². The Hall–Kier alpha value is -1.93. The van der Waals surface area contributed by atoms with Crippen molar-refractivity contribution in [2.24, 2.45) is 11.3 Å². The fourth-order valence-electron chi connectivity index (χ4n) is 3.60. The molecule has 0 aromatic rings. The maximum atomic E-state index is 13.4. The highest BCUT2D eigenvalue weighted by molar-refractivity contribution is 5.91. The monoisotopic (exact) mass is 411 g/mol. The van der Waals surface area contributed by atoms with Gasteiger partial charge in [-0.1, -0.05) is 40.7 Å². The molecule has 1 fully saturated rings. The third-order valence-electron chi connectivity index (χ3n) is 5.46. The van der Waals surface area contributed by atoms with Crippen LogP contribution >= 0.6 is 0 Å². The zero-order valence-electron chi connectivity index (χ0n) is 18.9. The SMILES string of the molecule is C/C(=C\[C@H](C(C)C)N(C)C(=O)[C@@H](NC(=O)C1C[C@@H](O)CN1C)C(C)(C)C)C(=O)O. The maximum Gasteiger partial charge on any atom is 0.331 e. The van der Waals surface area contributed by atoms with E-state index in [1.807, 2.05) is 34.6 Å². The number of carboxylic acid groups (broad SMARTS) is 1. The van der Waals surface area contributed by atoms with Crippen LogP contribution in [0, 0.1) is 11.3 Å². The van der Waals surface area contributed by atoms with Crippen LogP contribution in [0.5, 0.6) is 0 Å². The van der Waals surface area contributed by atoms with E-state index in [-0.39, 0.29) is 23.3 Å². The molecule has 3 N–H and O–H groups in total. The molecule has 8 nitrogen and oxygen atoms in total. The van der Waals surface area contributed by atoms with Gasteiger partial charge in [0.2, 0.25) is 11.8 Å². The van der Waals surface area contributed by atoms with E-state index in [1.54, 1.807) is 25.1 Å². The summed E-state index contributed by atoms with van der Waals surface area (Å²) in [7, 11) is 3.41. The minimum absolute atomic E-state index is 0.00863. The molecule has 1 heterocycles. The number of aliphatic hydroxyl groups is 1. The fraction of sp³-hybridized carbons (Fsp3) is 0.762. The molecule has 0 aromatic carbocycles. The highest BCUT2D eigenvalue weighted by Gasteiger charge is 2.40. The van der Waals surface area contributed by atoms with E-state index >= 15 is 0 Å². The number of carbonyl (C=O) groups excluding carboxylic acids is 2. The number of likely N-dealkylation sites (N-methyl/N-ethyl adjacent to an activating group) is 2. The number of nitrogens with zero attached hydrogens (tertiary/aromatic N) is 2. The summed E-state index contributed by atoms with van der Waals surface area (Å²) < 4.78 is 0. The predicted molar refractivity (Wildman–Crippen MR) is 111 cm³/mol. The minimum atomic E-state index is -1.03. The molecule has 0 bridgehead atoms. The molecule has 29 heavy (non-hydrogen) atoms. The Morgan fingerprint density at radius 3 is 2.17 bits per heavy atom. The van der Waals surface area contributed by atoms with E-state index in [1.165, 1.54) is 11.8 Å². The Balaban J connectivity index is 3.10. The molecule has 1 aliphatic rings. The second-order valence-electron chi connectivity index (χ2n) is 9.49. The Kier molecular flexibility index (Phi) is 8.41. The van der Waals surface area contributed by atoms with Crippen LogP contribution in [0.1, 0.15) is 48.0 Å². The van der Waals surface area contributed by atoms with Gasteiger partial charge in [0, 0.05) is 19.2 Å². The van der Waals surface area contributed by atoms with E-state index < -0.39 is 35.6 Å². The average molecular weight is 412 g/mol. The molecule has 1 unspecified atom stereocenters. The van der Waals surface area contributed by atoms with Gasteiger partial charge in [-0.15, -0.1) is 0 Å². The first-order valence-electron chi connectivity index (χ1n) is 10.0. The quantitative estimate of drug-likeness (QED) is 0.541. The second kappa shape index (κ2) is 9.71. The van der Waals surface area contributed by atoms with E-state index in [0.717, 1.165) is 0 Å². The number of carboxylic acids is 1. The van der Waals surface area contributed by atoms with Crippen LogP contribution in [0.4, 0.5) is 0 Å². The van der Waals surface area contributed by atoms with Crippen molar-refractivity contribution in [2.45, 2.75) is 72.2 Å². The average Bonchev–Trinajstić information content (AvgIpc) is 2.92. The summed E-state index contributed by atoms with van der Waals surface area (Å²) in [5.41, 5.74) is -0.384. The zero-order valence-corrected chi connectivity index (χ0v) is 18.9. The van der Waals surface area contributed by atoms with Gasteiger partial charge in [-0.25, -0.2) is 4.79 Å². The number of aliphatic hydroxyl groups excluding tert-OH is 1. The summed E-state index contributed by atoms with van der Waals surface area (Å²) >= 11 is 0. The van der Waals surface area contributed by atoms with Crippen LogP contribution in [0.3, 0.4) is 0 Å². The standard InChI is InChI=1S/C21H37N3O5/c1-12(2)15(9-13(3)20(28)29)24(8)19(27)17(21(4,5)6)22-18(26)16-10-14(25)11-23(16)7/h9,12,14-17,25H,10-11H2,1-8H3,(H,22,26)(H,28,29)/b13-9+/t14-,15-,16?,17-/m1/s1. The number of amides is 2. The smallest absolute Gasteiger partial charge is 0.331 e. The number of rotatable bonds is 7. The molecule has 166 valence electrons. The number of likely N-dealkylation sites (tertiary alicyclic amines) is 1. The lowest BCUT2D eigenvalue weighted by molar-refractivity contribution is -0.141. The first kappa shape index (κ1) is 25.1. The summed E-state index contributed by atoms with van der Waals surface area (Å²) in [6.07, 6.45) is 1.35. The number of hydrogen-bond acceptors (Lipinski definition) is 5. The summed E-state index contributed by atoms with van der Waals surface area (Å²) in [5.74, 6) is -1.60. The van der Waals surface area contributed by atoms with Gasteiger partial charge in [0.05, 0.1) is 18.2 Å². The van der Waals surface area contributed by atoms with Crippen molar-refractivity contribution in [2.75, 3.05) is 20.6 Å². The van der Waals surface area contributed by atoms with Crippen LogP contribution in [0.15, 0.2) is 11.6 Å². The maximum absolute atomic E-state index is 13.4. The number of hydrogen-bond donors (Lipinski definition) is 3. The summed E-state index contributed by atoms with van der Waals surface area (Å²) in [5, 5.41) is 21.9. The van der Waals surface area contributed by atoms with Crippen LogP contribution in [-0.2, 0) is 14.4 Å². The molecular weight excluding hydrogens is 374 g/mol. The Labute approximate surface area is 173 Å². The zero-order chi connectivity index (χ0) is 22.7. The van der Waals surface area contributed by atoms with Crippen molar-refractivity contribution in [1.82, 2.24) is 15.1 Å². The molecule has 2 amide bonds. The van der Waals surface area contributed by atoms with E-state index in [9.17, 15) is 24.6 Å². The predicted octanol–water partition coefficient (Wildman–Crippen LogP) is 1.10. The molecule has 0 saturated carbocycles. The van der Waals surface area contributed by atoms with Crippen molar-refractivity contribution in [1.29, 1.82) is 0 Å². The highest BCUT2D eigenvalue weighted by atomic mass is 16.4. The Morgan fingerprint density at radius 2 is 1.79 bits per heavy atom. The molecule has 1 aliphatic heterocycles. The fourth-order valence-corrected chi connectivity index (χ4v) is 3.60. The van der Waals surface area contributed by atoms with E-state index in [2.05, 4.69) is 5.32 Å². The van der Waals surface area contributed by atoms with Crippen molar-refractivity contribution >= 4 is 17.8 Å². The number of β-amino-alcohol motifs (C(OH)–C–C–N with tert-alkyl or cyclic N) is 1. The van der Waals surface area contributed by atoms with Crippen LogP contribution in [0.25, 0.3) is 0 Å². The molecule has 1 rings (SSSR count). The Bertz CT molecular complexity index is 653. The lowest BCUT2D eigenvalue weighted by Crippen LogP contribution is -2.58. The van der Waals surface area contributed by atoms with Gasteiger partial charge in [-0.3, -0.25) is 14.5 Å².